The molecule has 3 rings (SSSR count). The lowest BCUT2D eigenvalue weighted by atomic mass is 10.1. The molecule has 0 saturated carbocycles. The largest absolute Gasteiger partial charge is 0.396 e. The molecular formula is C31H46O12S3. The third-order valence-electron chi connectivity index (χ3n) is 6.26. The Hall–Kier alpha value is -2.73. The Kier molecular flexibility index (Phi) is 16.9. The monoisotopic (exact) mass is 706 g/mol. The zero-order chi connectivity index (χ0) is 36.4. The van der Waals surface area contributed by atoms with Gasteiger partial charge in [0, 0.05) is 6.61 Å². The van der Waals surface area contributed by atoms with Crippen molar-refractivity contribution < 1.29 is 54.2 Å². The van der Waals surface area contributed by atoms with Gasteiger partial charge in [-0.15, -0.1) is 0 Å². The molecule has 1 atom stereocenters. The number of hydrogen-bond acceptors (Lipinski definition) is 9. The normalized spacial score (nSPS) is 12.1. The molecule has 6 N–H and O–H groups in total. The molecule has 0 aliphatic carbocycles. The fraction of sp³-hybridized carbons (Fsp3) is 0.419. The molecule has 3 aromatic carbocycles. The van der Waals surface area contributed by atoms with Crippen LogP contribution in [0.25, 0.3) is 0 Å². The van der Waals surface area contributed by atoms with Crippen LogP contribution in [0, 0.1) is 62.3 Å². The van der Waals surface area contributed by atoms with Crippen LogP contribution in [0.5, 0.6) is 0 Å². The van der Waals surface area contributed by atoms with Gasteiger partial charge in [-0.3, -0.25) is 13.7 Å². The van der Waals surface area contributed by atoms with Crippen molar-refractivity contribution in [1.29, 1.82) is 0 Å². The Morgan fingerprint density at radius 2 is 0.674 bits per heavy atom. The van der Waals surface area contributed by atoms with Crippen molar-refractivity contribution in [2.45, 2.75) is 89.5 Å². The molecule has 0 aliphatic rings. The Labute approximate surface area is 273 Å². The topological polar surface area (TPSA) is 224 Å². The number of rotatable bonds is 6. The minimum atomic E-state index is -4.08. The lowest BCUT2D eigenvalue weighted by Gasteiger charge is -2.07. The molecule has 12 nitrogen and oxygen atoms in total. The molecule has 46 heavy (non-hydrogen) atoms. The van der Waals surface area contributed by atoms with E-state index in [0.29, 0.717) is 33.4 Å². The van der Waals surface area contributed by atoms with E-state index < -0.39 is 36.5 Å². The average Bonchev–Trinajstić information content (AvgIpc) is 2.80. The number of hydrogen-bond donors (Lipinski definition) is 6. The van der Waals surface area contributed by atoms with Gasteiger partial charge in [0.05, 0.1) is 27.4 Å². The molecule has 15 heteroatoms. The van der Waals surface area contributed by atoms with E-state index in [1.807, 2.05) is 20.8 Å². The van der Waals surface area contributed by atoms with Gasteiger partial charge in [0.1, 0.15) is 0 Å². The maximum atomic E-state index is 10.9. The fourth-order valence-electron chi connectivity index (χ4n) is 4.96. The summed E-state index contributed by atoms with van der Waals surface area (Å²) in [5.74, 6) is 0. The van der Waals surface area contributed by atoms with Crippen LogP contribution in [0.1, 0.15) is 56.5 Å². The first-order valence-corrected chi connectivity index (χ1v) is 18.2. The molecule has 3 aromatic rings. The summed E-state index contributed by atoms with van der Waals surface area (Å²) in [6.07, 6.45) is -0.485. The predicted octanol–water partition coefficient (Wildman–Crippen LogP) is 4.30. The van der Waals surface area contributed by atoms with E-state index in [-0.39, 0.29) is 34.3 Å². The van der Waals surface area contributed by atoms with Crippen LogP contribution in [0.15, 0.2) is 51.1 Å². The van der Waals surface area contributed by atoms with Gasteiger partial charge >= 0.3 is 0 Å². The van der Waals surface area contributed by atoms with Crippen molar-refractivity contribution in [2.24, 2.45) is 0 Å². The van der Waals surface area contributed by atoms with Crippen LogP contribution in [0.4, 0.5) is 0 Å². The van der Waals surface area contributed by atoms with Crippen molar-refractivity contribution in [3.8, 4) is 0 Å². The van der Waals surface area contributed by atoms with Crippen molar-refractivity contribution in [3.63, 3.8) is 0 Å². The predicted molar refractivity (Wildman–Crippen MR) is 176 cm³/mol. The van der Waals surface area contributed by atoms with Gasteiger partial charge in [-0.2, -0.15) is 25.3 Å². The van der Waals surface area contributed by atoms with Gasteiger partial charge in [0.25, 0.3) is 30.4 Å². The summed E-state index contributed by atoms with van der Waals surface area (Å²) in [4.78, 5) is 0.0781. The third-order valence-corrected chi connectivity index (χ3v) is 9.74. The van der Waals surface area contributed by atoms with Crippen LogP contribution < -0.4 is 0 Å². The maximum absolute atomic E-state index is 10.9. The minimum Gasteiger partial charge on any atom is -0.396 e. The molecule has 1 unspecified atom stereocenters. The molecule has 0 aliphatic heterocycles. The molecule has 0 radical (unpaired) electrons. The lowest BCUT2D eigenvalue weighted by Crippen LogP contribution is -2.12. The fourth-order valence-corrected chi connectivity index (χ4v) is 7.76. The van der Waals surface area contributed by atoms with Gasteiger partial charge in [0.2, 0.25) is 0 Å². The Balaban J connectivity index is 0.000000601. The zero-order valence-corrected chi connectivity index (χ0v) is 30.0. The van der Waals surface area contributed by atoms with Crippen LogP contribution >= 0.6 is 0 Å². The highest BCUT2D eigenvalue weighted by molar-refractivity contribution is 7.86. The Bertz CT molecular complexity index is 1540. The highest BCUT2D eigenvalue weighted by atomic mass is 32.2. The van der Waals surface area contributed by atoms with Gasteiger partial charge < -0.3 is 15.3 Å². The zero-order valence-electron chi connectivity index (χ0n) is 27.5. The number of benzene rings is 3. The first-order chi connectivity index (χ1) is 20.8. The smallest absolute Gasteiger partial charge is 0.295 e. The molecule has 0 fully saturated rings. The van der Waals surface area contributed by atoms with Crippen molar-refractivity contribution in [3.05, 3.63) is 86.5 Å². The van der Waals surface area contributed by atoms with Gasteiger partial charge in [0.15, 0.2) is 0 Å². The minimum absolute atomic E-state index is 0.0260. The third kappa shape index (κ3) is 14.4. The molecule has 0 bridgehead atoms. The van der Waals surface area contributed by atoms with Crippen LogP contribution in [0.2, 0.25) is 0 Å². The second-order valence-corrected chi connectivity index (χ2v) is 15.0. The van der Waals surface area contributed by atoms with E-state index in [0.717, 1.165) is 16.7 Å². The summed E-state index contributed by atoms with van der Waals surface area (Å²) >= 11 is 0. The van der Waals surface area contributed by atoms with E-state index in [1.54, 1.807) is 77.9 Å². The van der Waals surface area contributed by atoms with Gasteiger partial charge in [-0.05, 0) is 102 Å². The van der Waals surface area contributed by atoms with Gasteiger partial charge in [-0.1, -0.05) is 53.1 Å². The standard InChI is InChI=1S/3C9H12O3S.C4H10O3/c3*1-6-4-7(2)9(8(3)5-6)13(10,11)12;5-2-1-4(7)3-6/h3*4-5H,1-3H3,(H,10,11,12);4-7H,1-3H2. The molecule has 260 valence electrons. The van der Waals surface area contributed by atoms with E-state index in [2.05, 4.69) is 0 Å². The van der Waals surface area contributed by atoms with E-state index >= 15 is 0 Å². The summed E-state index contributed by atoms with van der Waals surface area (Å²) in [6, 6.07) is 10.4. The van der Waals surface area contributed by atoms with E-state index in [9.17, 15) is 25.3 Å². The molecule has 0 spiro atoms. The van der Waals surface area contributed by atoms with Crippen molar-refractivity contribution in [1.82, 2.24) is 0 Å². The summed E-state index contributed by atoms with van der Waals surface area (Å²) in [6.45, 7) is 15.3. The number of aryl methyl sites for hydroxylation is 9. The maximum Gasteiger partial charge on any atom is 0.295 e. The molecule has 0 saturated heterocycles. The summed E-state index contributed by atoms with van der Waals surface area (Å²) in [5, 5.41) is 24.6. The second kappa shape index (κ2) is 18.0. The highest BCUT2D eigenvalue weighted by Crippen LogP contribution is 2.23. The van der Waals surface area contributed by atoms with Crippen LogP contribution in [-0.4, -0.2) is 73.5 Å². The number of aliphatic hydroxyl groups is 3. The molecule has 0 heterocycles. The Morgan fingerprint density at radius 1 is 0.478 bits per heavy atom. The first-order valence-electron chi connectivity index (χ1n) is 13.8. The van der Waals surface area contributed by atoms with E-state index in [1.165, 1.54) is 0 Å². The molecule has 0 amide bonds. The summed E-state index contributed by atoms with van der Waals surface area (Å²) in [7, 11) is -12.2. The SMILES string of the molecule is Cc1cc(C)c(S(=O)(=O)O)c(C)c1.Cc1cc(C)c(S(=O)(=O)O)c(C)c1.Cc1cc(C)c(S(=O)(=O)O)c(C)c1.OCCC(O)CO. The van der Waals surface area contributed by atoms with Crippen LogP contribution in [-0.2, 0) is 30.4 Å². The first kappa shape index (κ1) is 43.3. The number of aliphatic hydroxyl groups excluding tert-OH is 3. The van der Waals surface area contributed by atoms with Gasteiger partial charge in [-0.25, -0.2) is 0 Å². The molecule has 0 aromatic heterocycles. The average molecular weight is 707 g/mol. The highest BCUT2D eigenvalue weighted by Gasteiger charge is 2.18. The van der Waals surface area contributed by atoms with Crippen molar-refractivity contribution in [2.75, 3.05) is 13.2 Å². The second-order valence-electron chi connectivity index (χ2n) is 11.0. The summed E-state index contributed by atoms with van der Waals surface area (Å²) in [5.41, 5.74) is 6.47. The summed E-state index contributed by atoms with van der Waals surface area (Å²) < 4.78 is 92.4. The van der Waals surface area contributed by atoms with E-state index in [4.69, 9.17) is 29.0 Å². The quantitative estimate of drug-likeness (QED) is 0.198. The lowest BCUT2D eigenvalue weighted by molar-refractivity contribution is 0.0721. The molecular weight excluding hydrogens is 661 g/mol. The van der Waals surface area contributed by atoms with Crippen LogP contribution in [0.3, 0.4) is 0 Å². The Morgan fingerprint density at radius 3 is 0.783 bits per heavy atom. The van der Waals surface area contributed by atoms with Crippen molar-refractivity contribution >= 4 is 30.4 Å².